The Kier molecular flexibility index (Phi) is 3.18. The zero-order valence-electron chi connectivity index (χ0n) is 10.5. The molecule has 0 unspecified atom stereocenters. The van der Waals surface area contributed by atoms with Gasteiger partial charge >= 0.3 is 0 Å². The van der Waals surface area contributed by atoms with Gasteiger partial charge in [-0.05, 0) is 43.2 Å². The molecule has 94 valence electrons. The molecule has 1 fully saturated rings. The molecular weight excluding hydrogens is 222 g/mol. The Morgan fingerprint density at radius 1 is 1.17 bits per heavy atom. The molecule has 2 heteroatoms. The number of anilines is 1. The summed E-state index contributed by atoms with van der Waals surface area (Å²) in [5, 5.41) is 3.03. The molecule has 0 heterocycles. The van der Waals surface area contributed by atoms with Crippen LogP contribution in [0.4, 0.5) is 5.69 Å². The van der Waals surface area contributed by atoms with Crippen LogP contribution in [-0.4, -0.2) is 5.91 Å². The number of carbonyl (C=O) groups is 1. The molecule has 0 bridgehead atoms. The summed E-state index contributed by atoms with van der Waals surface area (Å²) >= 11 is 0. The number of rotatable bonds is 2. The number of fused-ring (bicyclic) bond motifs is 1. The highest BCUT2D eigenvalue weighted by molar-refractivity contribution is 5.95. The third kappa shape index (κ3) is 2.33. The first-order valence-corrected chi connectivity index (χ1v) is 6.89. The van der Waals surface area contributed by atoms with Crippen LogP contribution in [0.5, 0.6) is 0 Å². The molecule has 1 amide bonds. The van der Waals surface area contributed by atoms with E-state index in [9.17, 15) is 4.79 Å². The molecule has 2 aliphatic carbocycles. The number of carbonyl (C=O) groups excluding carboxylic acids is 1. The van der Waals surface area contributed by atoms with E-state index in [2.05, 4.69) is 17.5 Å². The summed E-state index contributed by atoms with van der Waals surface area (Å²) in [5.41, 5.74) is 0.908. The van der Waals surface area contributed by atoms with Gasteiger partial charge in [0.05, 0.1) is 0 Å². The molecule has 2 aliphatic rings. The minimum absolute atomic E-state index is 0.197. The third-order valence-corrected chi connectivity index (χ3v) is 4.09. The zero-order chi connectivity index (χ0) is 12.4. The zero-order valence-corrected chi connectivity index (χ0v) is 10.5. The average molecular weight is 241 g/mol. The number of hydrogen-bond acceptors (Lipinski definition) is 1. The van der Waals surface area contributed by atoms with Gasteiger partial charge in [-0.1, -0.05) is 36.8 Å². The van der Waals surface area contributed by atoms with Gasteiger partial charge in [0.1, 0.15) is 0 Å². The molecule has 1 saturated carbocycles. The van der Waals surface area contributed by atoms with Crippen molar-refractivity contribution in [2.24, 2.45) is 17.8 Å². The number of amides is 1. The second-order valence-corrected chi connectivity index (χ2v) is 5.33. The van der Waals surface area contributed by atoms with Crippen molar-refractivity contribution in [3.63, 3.8) is 0 Å². The monoisotopic (exact) mass is 241 g/mol. The molecule has 18 heavy (non-hydrogen) atoms. The van der Waals surface area contributed by atoms with Gasteiger partial charge in [0.2, 0.25) is 5.91 Å². The SMILES string of the molecule is O=C(Nc1ccccc1)[C@@H]1[C@H]2C=CCCCC[C@H]21. The van der Waals surface area contributed by atoms with Crippen LogP contribution in [0.2, 0.25) is 0 Å². The molecular formula is C16H19NO. The fraction of sp³-hybridized carbons (Fsp3) is 0.438. The number of hydrogen-bond donors (Lipinski definition) is 1. The minimum atomic E-state index is 0.197. The van der Waals surface area contributed by atoms with Gasteiger partial charge in [-0.15, -0.1) is 0 Å². The van der Waals surface area contributed by atoms with Crippen molar-refractivity contribution in [3.8, 4) is 0 Å². The van der Waals surface area contributed by atoms with Gasteiger partial charge in [-0.25, -0.2) is 0 Å². The van der Waals surface area contributed by atoms with Gasteiger partial charge < -0.3 is 5.32 Å². The van der Waals surface area contributed by atoms with E-state index >= 15 is 0 Å². The standard InChI is InChI=1S/C16H19NO/c18-16(17-12-8-4-3-5-9-12)15-13-10-6-1-2-7-11-14(13)15/h3-6,8-10,13-15H,1-2,7,11H2,(H,17,18)/t13-,14+,15+/m0/s1. The van der Waals surface area contributed by atoms with Crippen molar-refractivity contribution in [1.29, 1.82) is 0 Å². The van der Waals surface area contributed by atoms with E-state index in [1.807, 2.05) is 30.3 Å². The van der Waals surface area contributed by atoms with Crippen molar-refractivity contribution < 1.29 is 4.79 Å². The largest absolute Gasteiger partial charge is 0.326 e. The molecule has 1 aromatic carbocycles. The van der Waals surface area contributed by atoms with Gasteiger partial charge in [0, 0.05) is 11.6 Å². The number of para-hydroxylation sites is 1. The van der Waals surface area contributed by atoms with Crippen LogP contribution in [0.25, 0.3) is 0 Å². The molecule has 0 saturated heterocycles. The molecule has 3 atom stereocenters. The third-order valence-electron chi connectivity index (χ3n) is 4.09. The summed E-state index contributed by atoms with van der Waals surface area (Å²) in [6.45, 7) is 0. The molecule has 0 spiro atoms. The molecule has 2 nitrogen and oxygen atoms in total. The molecule has 0 radical (unpaired) electrons. The Morgan fingerprint density at radius 2 is 2.00 bits per heavy atom. The Bertz CT molecular complexity index is 451. The van der Waals surface area contributed by atoms with E-state index in [-0.39, 0.29) is 11.8 Å². The van der Waals surface area contributed by atoms with E-state index in [0.717, 1.165) is 5.69 Å². The molecule has 0 aliphatic heterocycles. The van der Waals surface area contributed by atoms with Crippen LogP contribution in [-0.2, 0) is 4.79 Å². The normalized spacial score (nSPS) is 29.9. The fourth-order valence-corrected chi connectivity index (χ4v) is 3.05. The lowest BCUT2D eigenvalue weighted by Crippen LogP contribution is -2.15. The predicted molar refractivity (Wildman–Crippen MR) is 73.1 cm³/mol. The quantitative estimate of drug-likeness (QED) is 0.787. The van der Waals surface area contributed by atoms with Crippen LogP contribution in [0.3, 0.4) is 0 Å². The lowest BCUT2D eigenvalue weighted by Gasteiger charge is -2.04. The maximum absolute atomic E-state index is 12.2. The lowest BCUT2D eigenvalue weighted by atomic mass is 10.1. The second kappa shape index (κ2) is 4.97. The van der Waals surface area contributed by atoms with Crippen molar-refractivity contribution in [2.45, 2.75) is 25.7 Å². The summed E-state index contributed by atoms with van der Waals surface area (Å²) in [7, 11) is 0. The fourth-order valence-electron chi connectivity index (χ4n) is 3.05. The molecule has 1 N–H and O–H groups in total. The summed E-state index contributed by atoms with van der Waals surface area (Å²) in [6.07, 6.45) is 9.44. The number of nitrogens with one attached hydrogen (secondary N) is 1. The predicted octanol–water partition coefficient (Wildman–Crippen LogP) is 3.62. The van der Waals surface area contributed by atoms with Crippen LogP contribution >= 0.6 is 0 Å². The van der Waals surface area contributed by atoms with Gasteiger partial charge in [-0.3, -0.25) is 4.79 Å². The topological polar surface area (TPSA) is 29.1 Å². The van der Waals surface area contributed by atoms with E-state index in [1.54, 1.807) is 0 Å². The Morgan fingerprint density at radius 3 is 2.83 bits per heavy atom. The second-order valence-electron chi connectivity index (χ2n) is 5.33. The van der Waals surface area contributed by atoms with Crippen molar-refractivity contribution >= 4 is 11.6 Å². The van der Waals surface area contributed by atoms with Crippen LogP contribution < -0.4 is 5.32 Å². The van der Waals surface area contributed by atoms with E-state index in [1.165, 1.54) is 25.7 Å². The molecule has 1 aromatic rings. The summed E-state index contributed by atoms with van der Waals surface area (Å²) in [6, 6.07) is 9.75. The highest BCUT2D eigenvalue weighted by Crippen LogP contribution is 2.51. The van der Waals surface area contributed by atoms with Crippen LogP contribution in [0.15, 0.2) is 42.5 Å². The first kappa shape index (κ1) is 11.5. The minimum Gasteiger partial charge on any atom is -0.326 e. The van der Waals surface area contributed by atoms with Gasteiger partial charge in [0.25, 0.3) is 0 Å². The van der Waals surface area contributed by atoms with Gasteiger partial charge in [0.15, 0.2) is 0 Å². The highest BCUT2D eigenvalue weighted by atomic mass is 16.2. The Hall–Kier alpha value is -1.57. The average Bonchev–Trinajstić information content (AvgIpc) is 3.02. The Balaban J connectivity index is 1.64. The molecule has 0 aromatic heterocycles. The maximum atomic E-state index is 12.2. The molecule has 3 rings (SSSR count). The van der Waals surface area contributed by atoms with E-state index in [0.29, 0.717) is 11.8 Å². The van der Waals surface area contributed by atoms with Crippen LogP contribution in [0.1, 0.15) is 25.7 Å². The first-order chi connectivity index (χ1) is 8.86. The summed E-state index contributed by atoms with van der Waals surface area (Å²) < 4.78 is 0. The van der Waals surface area contributed by atoms with E-state index in [4.69, 9.17) is 0 Å². The lowest BCUT2D eigenvalue weighted by molar-refractivity contribution is -0.117. The summed E-state index contributed by atoms with van der Waals surface area (Å²) in [5.74, 6) is 1.49. The van der Waals surface area contributed by atoms with Crippen molar-refractivity contribution in [2.75, 3.05) is 5.32 Å². The first-order valence-electron chi connectivity index (χ1n) is 6.89. The maximum Gasteiger partial charge on any atom is 0.228 e. The van der Waals surface area contributed by atoms with E-state index < -0.39 is 0 Å². The van der Waals surface area contributed by atoms with Crippen LogP contribution in [0, 0.1) is 17.8 Å². The van der Waals surface area contributed by atoms with Crippen molar-refractivity contribution in [3.05, 3.63) is 42.5 Å². The Labute approximate surface area is 108 Å². The smallest absolute Gasteiger partial charge is 0.228 e. The number of allylic oxidation sites excluding steroid dienone is 2. The number of benzene rings is 1. The highest BCUT2D eigenvalue weighted by Gasteiger charge is 2.52. The van der Waals surface area contributed by atoms with Gasteiger partial charge in [-0.2, -0.15) is 0 Å². The van der Waals surface area contributed by atoms with Crippen molar-refractivity contribution in [1.82, 2.24) is 0 Å². The summed E-state index contributed by atoms with van der Waals surface area (Å²) in [4.78, 5) is 12.2.